The zero-order valence-corrected chi connectivity index (χ0v) is 11.7. The zero-order chi connectivity index (χ0) is 15.1. The van der Waals surface area contributed by atoms with Crippen LogP contribution >= 0.6 is 0 Å². The molecule has 6 heteroatoms. The number of rotatable bonds is 7. The van der Waals surface area contributed by atoms with Gasteiger partial charge in [-0.25, -0.2) is 0 Å². The Morgan fingerprint density at radius 2 is 2.05 bits per heavy atom. The molecule has 110 valence electrons. The van der Waals surface area contributed by atoms with E-state index in [2.05, 4.69) is 10.3 Å². The molecule has 0 fully saturated rings. The first kappa shape index (κ1) is 15.9. The molecule has 1 amide bonds. The van der Waals surface area contributed by atoms with Crippen LogP contribution in [0.3, 0.4) is 0 Å². The largest absolute Gasteiger partial charge is 0.481 e. The van der Waals surface area contributed by atoms with Gasteiger partial charge >= 0.3 is 5.97 Å². The van der Waals surface area contributed by atoms with Gasteiger partial charge in [0.15, 0.2) is 0 Å². The Hall–Kier alpha value is -2.11. The summed E-state index contributed by atoms with van der Waals surface area (Å²) < 4.78 is 0. The second-order valence-electron chi connectivity index (χ2n) is 5.25. The minimum absolute atomic E-state index is 0.0318. The maximum atomic E-state index is 11.9. The minimum atomic E-state index is -0.867. The lowest BCUT2D eigenvalue weighted by Crippen LogP contribution is -2.31. The van der Waals surface area contributed by atoms with Crippen molar-refractivity contribution in [3.63, 3.8) is 0 Å². The smallest absolute Gasteiger partial charge is 0.303 e. The lowest BCUT2D eigenvalue weighted by Gasteiger charge is -2.17. The summed E-state index contributed by atoms with van der Waals surface area (Å²) in [7, 11) is 0. The van der Waals surface area contributed by atoms with Gasteiger partial charge in [0.25, 0.3) is 5.91 Å². The zero-order valence-electron chi connectivity index (χ0n) is 11.7. The molecule has 20 heavy (non-hydrogen) atoms. The SMILES string of the molecule is CC(C)C[C@H](CNC(=O)c1ccc(=O)[nH]c1)CC(=O)O. The van der Waals surface area contributed by atoms with E-state index in [9.17, 15) is 14.4 Å². The van der Waals surface area contributed by atoms with E-state index < -0.39 is 5.97 Å². The molecule has 0 spiro atoms. The van der Waals surface area contributed by atoms with E-state index in [1.165, 1.54) is 18.3 Å². The molecule has 1 atom stereocenters. The first-order valence-corrected chi connectivity index (χ1v) is 6.57. The first-order valence-electron chi connectivity index (χ1n) is 6.57. The number of aromatic amines is 1. The second kappa shape index (κ2) is 7.47. The number of carboxylic acids is 1. The third-order valence-electron chi connectivity index (χ3n) is 2.87. The molecule has 1 rings (SSSR count). The van der Waals surface area contributed by atoms with Crippen LogP contribution < -0.4 is 10.9 Å². The maximum absolute atomic E-state index is 11.9. The molecule has 0 aliphatic heterocycles. The minimum Gasteiger partial charge on any atom is -0.481 e. The van der Waals surface area contributed by atoms with Gasteiger partial charge in [-0.2, -0.15) is 0 Å². The summed E-state index contributed by atoms with van der Waals surface area (Å²) >= 11 is 0. The van der Waals surface area contributed by atoms with Crippen molar-refractivity contribution in [3.05, 3.63) is 34.2 Å². The number of aromatic nitrogens is 1. The highest BCUT2D eigenvalue weighted by molar-refractivity contribution is 5.93. The Labute approximate surface area is 117 Å². The van der Waals surface area contributed by atoms with Crippen LogP contribution in [-0.4, -0.2) is 28.5 Å². The number of pyridine rings is 1. The van der Waals surface area contributed by atoms with Crippen molar-refractivity contribution in [2.75, 3.05) is 6.54 Å². The van der Waals surface area contributed by atoms with Crippen LogP contribution in [-0.2, 0) is 4.79 Å². The molecule has 0 saturated heterocycles. The number of carbonyl (C=O) groups is 2. The standard InChI is InChI=1S/C14H20N2O4/c1-9(2)5-10(6-13(18)19)7-16-14(20)11-3-4-12(17)15-8-11/h3-4,8-10H,5-7H2,1-2H3,(H,15,17)(H,16,20)(H,18,19)/t10-/m0/s1. The molecule has 0 radical (unpaired) electrons. The van der Waals surface area contributed by atoms with Gasteiger partial charge in [-0.1, -0.05) is 13.8 Å². The summed E-state index contributed by atoms with van der Waals surface area (Å²) in [5, 5.41) is 11.6. The lowest BCUT2D eigenvalue weighted by molar-refractivity contribution is -0.138. The molecule has 0 bridgehead atoms. The number of carbonyl (C=O) groups excluding carboxylic acids is 1. The van der Waals surface area contributed by atoms with Gasteiger partial charge in [-0.15, -0.1) is 0 Å². The van der Waals surface area contributed by atoms with Crippen molar-refractivity contribution in [2.45, 2.75) is 26.7 Å². The predicted molar refractivity (Wildman–Crippen MR) is 74.6 cm³/mol. The van der Waals surface area contributed by atoms with Gasteiger partial charge in [-0.3, -0.25) is 14.4 Å². The number of H-pyrrole nitrogens is 1. The highest BCUT2D eigenvalue weighted by atomic mass is 16.4. The first-order chi connectivity index (χ1) is 9.38. The van der Waals surface area contributed by atoms with E-state index in [-0.39, 0.29) is 23.8 Å². The molecule has 1 heterocycles. The number of carboxylic acid groups (broad SMARTS) is 1. The summed E-state index contributed by atoms with van der Waals surface area (Å²) in [6.07, 6.45) is 2.11. The molecule has 6 nitrogen and oxygen atoms in total. The Kier molecular flexibility index (Phi) is 5.96. The molecule has 0 aromatic carbocycles. The van der Waals surface area contributed by atoms with Gasteiger partial charge in [0.2, 0.25) is 5.56 Å². The molecular weight excluding hydrogens is 260 g/mol. The topological polar surface area (TPSA) is 99.3 Å². The van der Waals surface area contributed by atoms with E-state index in [0.29, 0.717) is 18.0 Å². The Morgan fingerprint density at radius 1 is 1.35 bits per heavy atom. The van der Waals surface area contributed by atoms with Crippen molar-refractivity contribution in [1.82, 2.24) is 10.3 Å². The van der Waals surface area contributed by atoms with Gasteiger partial charge in [0.1, 0.15) is 0 Å². The van der Waals surface area contributed by atoms with E-state index >= 15 is 0 Å². The van der Waals surface area contributed by atoms with Gasteiger partial charge in [-0.05, 0) is 24.3 Å². The Balaban J connectivity index is 2.57. The highest BCUT2D eigenvalue weighted by Gasteiger charge is 2.16. The highest BCUT2D eigenvalue weighted by Crippen LogP contribution is 2.14. The second-order valence-corrected chi connectivity index (χ2v) is 5.25. The Morgan fingerprint density at radius 3 is 2.55 bits per heavy atom. The fraction of sp³-hybridized carbons (Fsp3) is 0.500. The fourth-order valence-electron chi connectivity index (χ4n) is 2.04. The van der Waals surface area contributed by atoms with Crippen LogP contribution in [0.25, 0.3) is 0 Å². The molecule has 0 unspecified atom stereocenters. The third kappa shape index (κ3) is 5.69. The third-order valence-corrected chi connectivity index (χ3v) is 2.87. The van der Waals surface area contributed by atoms with Crippen molar-refractivity contribution >= 4 is 11.9 Å². The molecule has 0 aliphatic rings. The van der Waals surface area contributed by atoms with Crippen LogP contribution in [0.2, 0.25) is 0 Å². The summed E-state index contributed by atoms with van der Waals surface area (Å²) in [4.78, 5) is 36.0. The molecular formula is C14H20N2O4. The van der Waals surface area contributed by atoms with Gasteiger partial charge in [0.05, 0.1) is 5.56 Å². The monoisotopic (exact) mass is 280 g/mol. The molecule has 3 N–H and O–H groups in total. The van der Waals surface area contributed by atoms with Gasteiger partial charge in [0, 0.05) is 25.2 Å². The van der Waals surface area contributed by atoms with E-state index in [0.717, 1.165) is 6.42 Å². The van der Waals surface area contributed by atoms with Crippen LogP contribution in [0, 0.1) is 11.8 Å². The van der Waals surface area contributed by atoms with E-state index in [1.54, 1.807) is 0 Å². The van der Waals surface area contributed by atoms with Crippen molar-refractivity contribution in [1.29, 1.82) is 0 Å². The van der Waals surface area contributed by atoms with Crippen LogP contribution in [0.1, 0.15) is 37.0 Å². The predicted octanol–water partition coefficient (Wildman–Crippen LogP) is 1.24. The average Bonchev–Trinajstić information content (AvgIpc) is 2.35. The normalized spacial score (nSPS) is 12.2. The fourth-order valence-corrected chi connectivity index (χ4v) is 2.04. The van der Waals surface area contributed by atoms with Crippen molar-refractivity contribution < 1.29 is 14.7 Å². The van der Waals surface area contributed by atoms with Crippen molar-refractivity contribution in [3.8, 4) is 0 Å². The van der Waals surface area contributed by atoms with E-state index in [1.807, 2.05) is 13.8 Å². The number of amides is 1. The number of hydrogen-bond donors (Lipinski definition) is 3. The maximum Gasteiger partial charge on any atom is 0.303 e. The van der Waals surface area contributed by atoms with Crippen LogP contribution in [0.5, 0.6) is 0 Å². The van der Waals surface area contributed by atoms with Gasteiger partial charge < -0.3 is 15.4 Å². The van der Waals surface area contributed by atoms with Crippen LogP contribution in [0.15, 0.2) is 23.1 Å². The van der Waals surface area contributed by atoms with Crippen molar-refractivity contribution in [2.24, 2.45) is 11.8 Å². The molecule has 1 aromatic heterocycles. The molecule has 0 aliphatic carbocycles. The number of nitrogens with one attached hydrogen (secondary N) is 2. The molecule has 0 saturated carbocycles. The molecule has 1 aromatic rings. The number of aliphatic carboxylic acids is 1. The quantitative estimate of drug-likeness (QED) is 0.699. The lowest BCUT2D eigenvalue weighted by atomic mass is 9.94. The summed E-state index contributed by atoms with van der Waals surface area (Å²) in [5.41, 5.74) is 0.0772. The summed E-state index contributed by atoms with van der Waals surface area (Å²) in [5.74, 6) is -0.919. The summed E-state index contributed by atoms with van der Waals surface area (Å²) in [6, 6.07) is 2.71. The van der Waals surface area contributed by atoms with E-state index in [4.69, 9.17) is 5.11 Å². The Bertz CT molecular complexity index is 502. The van der Waals surface area contributed by atoms with Crippen LogP contribution in [0.4, 0.5) is 0 Å². The summed E-state index contributed by atoms with van der Waals surface area (Å²) in [6.45, 7) is 4.33. The number of hydrogen-bond acceptors (Lipinski definition) is 3. The average molecular weight is 280 g/mol.